The van der Waals surface area contributed by atoms with Gasteiger partial charge in [0, 0.05) is 23.6 Å². The molecule has 0 amide bonds. The molecule has 82 valence electrons. The van der Waals surface area contributed by atoms with Crippen molar-refractivity contribution in [1.82, 2.24) is 0 Å². The van der Waals surface area contributed by atoms with Gasteiger partial charge in [-0.3, -0.25) is 0 Å². The van der Waals surface area contributed by atoms with Gasteiger partial charge >= 0.3 is 0 Å². The molecule has 0 bridgehead atoms. The normalized spacial score (nSPS) is 27.8. The van der Waals surface area contributed by atoms with E-state index in [1.807, 2.05) is 0 Å². The summed E-state index contributed by atoms with van der Waals surface area (Å²) in [5.41, 5.74) is 3.74. The Morgan fingerprint density at radius 3 is 2.40 bits per heavy atom. The molecular weight excluding hydrogens is 227 g/mol. The maximum Gasteiger partial charge on any atom is 0.260 e. The average Bonchev–Trinajstić information content (AvgIpc) is 2.69. The SMILES string of the molecule is NCC1(c2ccc(Cl)cc2F)CC1(F)F. The zero-order valence-electron chi connectivity index (χ0n) is 7.74. The molecule has 0 heterocycles. The Kier molecular flexibility index (Phi) is 2.24. The van der Waals surface area contributed by atoms with Gasteiger partial charge in [0.15, 0.2) is 0 Å². The van der Waals surface area contributed by atoms with E-state index in [9.17, 15) is 13.2 Å². The lowest BCUT2D eigenvalue weighted by molar-refractivity contribution is 0.0887. The summed E-state index contributed by atoms with van der Waals surface area (Å²) in [6.45, 7) is -0.265. The van der Waals surface area contributed by atoms with Crippen molar-refractivity contribution >= 4 is 11.6 Å². The molecule has 5 heteroatoms. The summed E-state index contributed by atoms with van der Waals surface area (Å²) in [5.74, 6) is -3.62. The fourth-order valence-corrected chi connectivity index (χ4v) is 1.99. The molecule has 1 aromatic carbocycles. The van der Waals surface area contributed by atoms with Crippen LogP contribution in [0.4, 0.5) is 13.2 Å². The van der Waals surface area contributed by atoms with Crippen molar-refractivity contribution in [2.24, 2.45) is 5.73 Å². The molecule has 1 saturated carbocycles. The third kappa shape index (κ3) is 1.43. The van der Waals surface area contributed by atoms with E-state index < -0.39 is 23.6 Å². The van der Waals surface area contributed by atoms with Gasteiger partial charge in [-0.2, -0.15) is 0 Å². The summed E-state index contributed by atoms with van der Waals surface area (Å²) in [4.78, 5) is 0. The molecular formula is C10H9ClF3N. The van der Waals surface area contributed by atoms with Crippen molar-refractivity contribution in [3.63, 3.8) is 0 Å². The maximum absolute atomic E-state index is 13.4. The van der Waals surface area contributed by atoms with Gasteiger partial charge in [0.2, 0.25) is 0 Å². The third-order valence-corrected chi connectivity index (χ3v) is 3.13. The molecule has 1 aromatic rings. The van der Waals surface area contributed by atoms with Crippen LogP contribution in [0.25, 0.3) is 0 Å². The maximum atomic E-state index is 13.4. The van der Waals surface area contributed by atoms with E-state index in [0.29, 0.717) is 0 Å². The van der Waals surface area contributed by atoms with Crippen LogP contribution in [0.5, 0.6) is 0 Å². The van der Waals surface area contributed by atoms with Crippen molar-refractivity contribution in [3.8, 4) is 0 Å². The molecule has 15 heavy (non-hydrogen) atoms. The van der Waals surface area contributed by atoms with Crippen molar-refractivity contribution in [2.45, 2.75) is 17.8 Å². The molecule has 1 unspecified atom stereocenters. The van der Waals surface area contributed by atoms with Crippen molar-refractivity contribution < 1.29 is 13.2 Å². The van der Waals surface area contributed by atoms with Gasteiger partial charge in [0.05, 0.1) is 5.41 Å². The lowest BCUT2D eigenvalue weighted by Crippen LogP contribution is -2.27. The molecule has 0 saturated heterocycles. The lowest BCUT2D eigenvalue weighted by Gasteiger charge is -2.15. The largest absolute Gasteiger partial charge is 0.329 e. The molecule has 0 spiro atoms. The molecule has 0 aromatic heterocycles. The van der Waals surface area contributed by atoms with Crippen LogP contribution in [0, 0.1) is 5.82 Å². The molecule has 1 aliphatic carbocycles. The second-order valence-corrected chi connectivity index (χ2v) is 4.23. The van der Waals surface area contributed by atoms with Gasteiger partial charge < -0.3 is 5.73 Å². The van der Waals surface area contributed by atoms with Crippen LogP contribution in [0.1, 0.15) is 12.0 Å². The van der Waals surface area contributed by atoms with Gasteiger partial charge in [-0.25, -0.2) is 13.2 Å². The van der Waals surface area contributed by atoms with Crippen LogP contribution in [-0.2, 0) is 5.41 Å². The van der Waals surface area contributed by atoms with E-state index in [1.54, 1.807) is 0 Å². The molecule has 1 aliphatic rings. The highest BCUT2D eigenvalue weighted by atomic mass is 35.5. The molecule has 2 N–H and O–H groups in total. The zero-order valence-corrected chi connectivity index (χ0v) is 8.49. The smallest absolute Gasteiger partial charge is 0.260 e. The summed E-state index contributed by atoms with van der Waals surface area (Å²) in [5, 5.41) is 0.187. The van der Waals surface area contributed by atoms with Crippen LogP contribution in [0.2, 0.25) is 5.02 Å². The first kappa shape index (κ1) is 10.8. The molecule has 2 rings (SSSR count). The van der Waals surface area contributed by atoms with E-state index in [-0.39, 0.29) is 17.1 Å². The average molecular weight is 236 g/mol. The minimum atomic E-state index is -2.91. The van der Waals surface area contributed by atoms with Gasteiger partial charge in [-0.15, -0.1) is 0 Å². The predicted octanol–water partition coefficient (Wildman–Crippen LogP) is 2.71. The monoisotopic (exact) mass is 235 g/mol. The third-order valence-electron chi connectivity index (χ3n) is 2.89. The Hall–Kier alpha value is -0.740. The van der Waals surface area contributed by atoms with Crippen molar-refractivity contribution in [1.29, 1.82) is 0 Å². The molecule has 1 atom stereocenters. The van der Waals surface area contributed by atoms with E-state index >= 15 is 0 Å². The number of rotatable bonds is 2. The Morgan fingerprint density at radius 1 is 1.40 bits per heavy atom. The topological polar surface area (TPSA) is 26.0 Å². The minimum absolute atomic E-state index is 0.0422. The summed E-state index contributed by atoms with van der Waals surface area (Å²) < 4.78 is 39.7. The zero-order chi connectivity index (χ0) is 11.3. The minimum Gasteiger partial charge on any atom is -0.329 e. The van der Waals surface area contributed by atoms with E-state index in [1.165, 1.54) is 12.1 Å². The predicted molar refractivity (Wildman–Crippen MR) is 51.7 cm³/mol. The fraction of sp³-hybridized carbons (Fsp3) is 0.400. The second-order valence-electron chi connectivity index (χ2n) is 3.79. The van der Waals surface area contributed by atoms with Gasteiger partial charge in [0.25, 0.3) is 5.92 Å². The summed E-state index contributed by atoms with van der Waals surface area (Å²) >= 11 is 5.54. The van der Waals surface area contributed by atoms with Crippen LogP contribution >= 0.6 is 11.6 Å². The molecule has 0 radical (unpaired) electrons. The van der Waals surface area contributed by atoms with Crippen molar-refractivity contribution in [3.05, 3.63) is 34.6 Å². The highest BCUT2D eigenvalue weighted by Gasteiger charge is 2.71. The number of nitrogens with two attached hydrogens (primary N) is 1. The van der Waals surface area contributed by atoms with Gasteiger partial charge in [0.1, 0.15) is 5.82 Å². The Bertz CT molecular complexity index is 408. The highest BCUT2D eigenvalue weighted by molar-refractivity contribution is 6.30. The van der Waals surface area contributed by atoms with Gasteiger partial charge in [-0.05, 0) is 12.1 Å². The number of benzene rings is 1. The number of hydrogen-bond donors (Lipinski definition) is 1. The molecule has 0 aliphatic heterocycles. The Balaban J connectivity index is 2.46. The second kappa shape index (κ2) is 3.12. The van der Waals surface area contributed by atoms with Crippen LogP contribution < -0.4 is 5.73 Å². The number of alkyl halides is 2. The van der Waals surface area contributed by atoms with E-state index in [0.717, 1.165) is 6.07 Å². The summed E-state index contributed by atoms with van der Waals surface area (Å²) in [6, 6.07) is 3.71. The van der Waals surface area contributed by atoms with Crippen LogP contribution in [0.3, 0.4) is 0 Å². The van der Waals surface area contributed by atoms with E-state index in [2.05, 4.69) is 0 Å². The fourth-order valence-electron chi connectivity index (χ4n) is 1.84. The van der Waals surface area contributed by atoms with Crippen LogP contribution in [-0.4, -0.2) is 12.5 Å². The molecule has 1 fully saturated rings. The Labute approximate surface area is 90.0 Å². The number of hydrogen-bond acceptors (Lipinski definition) is 1. The summed E-state index contributed by atoms with van der Waals surface area (Å²) in [7, 11) is 0. The lowest BCUT2D eigenvalue weighted by atomic mass is 9.95. The first-order chi connectivity index (χ1) is 6.93. The number of halogens is 4. The Morgan fingerprint density at radius 2 is 2.00 bits per heavy atom. The molecule has 1 nitrogen and oxygen atoms in total. The van der Waals surface area contributed by atoms with Crippen LogP contribution in [0.15, 0.2) is 18.2 Å². The quantitative estimate of drug-likeness (QED) is 0.838. The highest BCUT2D eigenvalue weighted by Crippen LogP contribution is 2.61. The van der Waals surface area contributed by atoms with Gasteiger partial charge in [-0.1, -0.05) is 17.7 Å². The first-order valence-electron chi connectivity index (χ1n) is 4.46. The van der Waals surface area contributed by atoms with E-state index in [4.69, 9.17) is 17.3 Å². The first-order valence-corrected chi connectivity index (χ1v) is 4.84. The standard InChI is InChI=1S/C10H9ClF3N/c11-6-1-2-7(8(12)3-6)9(5-15)4-10(9,13)14/h1-3H,4-5,15H2. The van der Waals surface area contributed by atoms with Crippen molar-refractivity contribution in [2.75, 3.05) is 6.54 Å². The summed E-state index contributed by atoms with van der Waals surface area (Å²) in [6.07, 6.45) is -0.394.